The van der Waals surface area contributed by atoms with E-state index in [1.54, 1.807) is 0 Å². The predicted molar refractivity (Wildman–Crippen MR) is 117 cm³/mol. The van der Waals surface area contributed by atoms with Gasteiger partial charge in [-0.3, -0.25) is 23.0 Å². The summed E-state index contributed by atoms with van der Waals surface area (Å²) in [5.74, 6) is -4.33. The topological polar surface area (TPSA) is 285 Å². The molecular weight excluding hydrogens is 596 g/mol. The van der Waals surface area contributed by atoms with Crippen molar-refractivity contribution < 1.29 is 73.0 Å². The van der Waals surface area contributed by atoms with Crippen LogP contribution in [0.4, 0.5) is 0 Å². The van der Waals surface area contributed by atoms with Crippen LogP contribution in [0, 0.1) is 0 Å². The quantitative estimate of drug-likeness (QED) is 0.236. The highest BCUT2D eigenvalue weighted by Gasteiger charge is 2.22. The summed E-state index contributed by atoms with van der Waals surface area (Å²) in [6.45, 7) is 0. The molecule has 0 radical (unpaired) electrons. The van der Waals surface area contributed by atoms with E-state index < -0.39 is 86.8 Å². The zero-order valence-electron chi connectivity index (χ0n) is 17.1. The van der Waals surface area contributed by atoms with Gasteiger partial charge in [-0.1, -0.05) is 0 Å². The van der Waals surface area contributed by atoms with Crippen molar-refractivity contribution in [2.24, 2.45) is 0 Å². The van der Waals surface area contributed by atoms with Gasteiger partial charge in [0.25, 0.3) is 0 Å². The summed E-state index contributed by atoms with van der Waals surface area (Å²) in [6.07, 6.45) is 0. The summed E-state index contributed by atoms with van der Waals surface area (Å²) in [5.41, 5.74) is -2.06. The fourth-order valence-electron chi connectivity index (χ4n) is 2.74. The Morgan fingerprint density at radius 3 is 1.65 bits per heavy atom. The molecule has 0 spiro atoms. The standard InChI is InChI=1S/C15H10O18S4/c16-9-6-11(7-1-2-10(31-35(20,21)22)12(3-7)32-36(23,24)25)29-13-4-8(30-34(17,18)19)5-14(15(9)13)33-37(26,27)28/h1-6H,(H,17,18,19)(H,20,21,22)(H,23,24,25)(H,26,27,28). The molecule has 2 aromatic carbocycles. The molecule has 37 heavy (non-hydrogen) atoms. The Morgan fingerprint density at radius 1 is 0.595 bits per heavy atom. The Bertz CT molecular complexity index is 1890. The van der Waals surface area contributed by atoms with Crippen LogP contribution in [0.15, 0.2) is 45.6 Å². The summed E-state index contributed by atoms with van der Waals surface area (Å²) >= 11 is 0. The van der Waals surface area contributed by atoms with Crippen LogP contribution in [0.5, 0.6) is 23.0 Å². The first-order valence-electron chi connectivity index (χ1n) is 8.63. The molecule has 22 heteroatoms. The highest BCUT2D eigenvalue weighted by molar-refractivity contribution is 7.82. The maximum absolute atomic E-state index is 12.7. The molecule has 1 heterocycles. The number of hydrogen-bond donors (Lipinski definition) is 4. The maximum atomic E-state index is 12.7. The summed E-state index contributed by atoms with van der Waals surface area (Å²) in [6, 6.07) is 4.15. The largest absolute Gasteiger partial charge is 0.456 e. The number of rotatable bonds is 9. The van der Waals surface area contributed by atoms with Gasteiger partial charge in [-0.05, 0) is 18.2 Å². The summed E-state index contributed by atoms with van der Waals surface area (Å²) < 4.78 is 146. The Balaban J connectivity index is 2.28. The van der Waals surface area contributed by atoms with Crippen molar-refractivity contribution in [3.05, 3.63) is 46.6 Å². The van der Waals surface area contributed by atoms with Crippen LogP contribution in [0.3, 0.4) is 0 Å². The molecule has 0 saturated carbocycles. The normalized spacial score (nSPS) is 12.8. The second-order valence-corrected chi connectivity index (χ2v) is 10.6. The van der Waals surface area contributed by atoms with Gasteiger partial charge in [-0.2, -0.15) is 33.7 Å². The van der Waals surface area contributed by atoms with E-state index in [2.05, 4.69) is 16.7 Å². The van der Waals surface area contributed by atoms with Crippen molar-refractivity contribution in [3.63, 3.8) is 0 Å². The molecule has 0 amide bonds. The van der Waals surface area contributed by atoms with E-state index in [4.69, 9.17) is 22.6 Å². The fraction of sp³-hybridized carbons (Fsp3) is 0. The van der Waals surface area contributed by atoms with Crippen molar-refractivity contribution in [3.8, 4) is 34.3 Å². The molecule has 0 aliphatic carbocycles. The third-order valence-corrected chi connectivity index (χ3v) is 5.36. The van der Waals surface area contributed by atoms with Crippen molar-refractivity contribution in [1.82, 2.24) is 0 Å². The number of benzene rings is 2. The van der Waals surface area contributed by atoms with Gasteiger partial charge in [-0.25, -0.2) is 0 Å². The molecule has 202 valence electrons. The predicted octanol–water partition coefficient (Wildman–Crippen LogP) is 0.186. The molecule has 4 N–H and O–H groups in total. The zero-order valence-corrected chi connectivity index (χ0v) is 20.4. The lowest BCUT2D eigenvalue weighted by Gasteiger charge is -2.11. The monoisotopic (exact) mass is 606 g/mol. The van der Waals surface area contributed by atoms with Crippen LogP contribution in [0.25, 0.3) is 22.3 Å². The summed E-state index contributed by atoms with van der Waals surface area (Å²) in [4.78, 5) is 12.7. The second kappa shape index (κ2) is 9.42. The zero-order chi connectivity index (χ0) is 28.0. The molecule has 18 nitrogen and oxygen atoms in total. The van der Waals surface area contributed by atoms with E-state index in [0.29, 0.717) is 30.3 Å². The van der Waals surface area contributed by atoms with Gasteiger partial charge >= 0.3 is 41.6 Å². The fourth-order valence-corrected chi connectivity index (χ4v) is 4.16. The minimum atomic E-state index is -5.29. The lowest BCUT2D eigenvalue weighted by atomic mass is 10.1. The lowest BCUT2D eigenvalue weighted by molar-refractivity contribution is 0.361. The van der Waals surface area contributed by atoms with E-state index >= 15 is 0 Å². The Hall–Kier alpha value is -3.51. The average molecular weight is 606 g/mol. The van der Waals surface area contributed by atoms with Crippen molar-refractivity contribution in [1.29, 1.82) is 0 Å². The minimum absolute atomic E-state index is 0.293. The number of fused-ring (bicyclic) bond motifs is 1. The molecular formula is C15H10O18S4. The molecule has 0 saturated heterocycles. The maximum Gasteiger partial charge on any atom is 0.446 e. The van der Waals surface area contributed by atoms with Crippen molar-refractivity contribution in [2.45, 2.75) is 0 Å². The average Bonchev–Trinajstić information content (AvgIpc) is 2.63. The molecule has 0 bridgehead atoms. The second-order valence-electron chi connectivity index (χ2n) is 6.48. The first kappa shape index (κ1) is 28.1. The first-order chi connectivity index (χ1) is 16.7. The third-order valence-electron chi connectivity index (χ3n) is 3.78. The van der Waals surface area contributed by atoms with Gasteiger partial charge in [0, 0.05) is 23.8 Å². The van der Waals surface area contributed by atoms with Gasteiger partial charge in [0.05, 0.1) is 0 Å². The minimum Gasteiger partial charge on any atom is -0.456 e. The molecule has 3 rings (SSSR count). The first-order valence-corrected chi connectivity index (χ1v) is 14.1. The van der Waals surface area contributed by atoms with Gasteiger partial charge in [0.2, 0.25) is 0 Å². The molecule has 1 aromatic heterocycles. The highest BCUT2D eigenvalue weighted by atomic mass is 32.3. The third kappa shape index (κ3) is 7.99. The highest BCUT2D eigenvalue weighted by Crippen LogP contribution is 2.37. The molecule has 0 fully saturated rings. The molecule has 0 aliphatic heterocycles. The molecule has 3 aromatic rings. The number of hydrogen-bond acceptors (Lipinski definition) is 14. The lowest BCUT2D eigenvalue weighted by Crippen LogP contribution is -2.12. The van der Waals surface area contributed by atoms with Crippen LogP contribution >= 0.6 is 0 Å². The summed E-state index contributed by atoms with van der Waals surface area (Å²) in [5, 5.41) is -0.690. The van der Waals surface area contributed by atoms with Gasteiger partial charge < -0.3 is 21.1 Å². The van der Waals surface area contributed by atoms with Crippen LogP contribution in [-0.4, -0.2) is 51.9 Å². The Kier molecular flexibility index (Phi) is 7.14. The van der Waals surface area contributed by atoms with Crippen LogP contribution in [0.2, 0.25) is 0 Å². The smallest absolute Gasteiger partial charge is 0.446 e. The van der Waals surface area contributed by atoms with Gasteiger partial charge in [0.1, 0.15) is 16.7 Å². The van der Waals surface area contributed by atoms with E-state index in [1.165, 1.54) is 0 Å². The van der Waals surface area contributed by atoms with E-state index in [9.17, 15) is 38.5 Å². The van der Waals surface area contributed by atoms with Crippen molar-refractivity contribution >= 4 is 52.6 Å². The molecule has 0 unspecified atom stereocenters. The Morgan fingerprint density at radius 2 is 1.11 bits per heavy atom. The van der Waals surface area contributed by atoms with Crippen LogP contribution in [0.1, 0.15) is 0 Å². The van der Waals surface area contributed by atoms with Gasteiger partial charge in [-0.15, -0.1) is 0 Å². The SMILES string of the molecule is O=c1cc(-c2ccc(OS(=O)(=O)O)c(OS(=O)(=O)O)c2)oc2cc(OS(=O)(=O)O)cc(OS(=O)(=O)O)c12. The van der Waals surface area contributed by atoms with E-state index in [0.717, 1.165) is 6.07 Å². The Labute approximate surface area is 206 Å². The van der Waals surface area contributed by atoms with E-state index in [-0.39, 0.29) is 5.56 Å². The van der Waals surface area contributed by atoms with E-state index in [1.807, 2.05) is 0 Å². The van der Waals surface area contributed by atoms with Crippen LogP contribution in [-0.2, 0) is 41.6 Å². The van der Waals surface area contributed by atoms with Crippen molar-refractivity contribution in [2.75, 3.05) is 0 Å². The van der Waals surface area contributed by atoms with Gasteiger partial charge in [0.15, 0.2) is 28.4 Å². The van der Waals surface area contributed by atoms with Crippen LogP contribution < -0.4 is 22.2 Å². The molecule has 0 aliphatic rings. The summed E-state index contributed by atoms with van der Waals surface area (Å²) in [7, 11) is -21.0. The molecule has 0 atom stereocenters.